The fraction of sp³-hybridized carbons (Fsp3) is 0.269. The Morgan fingerprint density at radius 1 is 1.00 bits per heavy atom. The number of nitrogens with one attached hydrogen (secondary N) is 1. The molecular formula is C26H25Cl2NO3. The molecule has 1 N–H and O–H groups in total. The van der Waals surface area contributed by atoms with E-state index in [1.807, 2.05) is 49.4 Å². The summed E-state index contributed by atoms with van der Waals surface area (Å²) in [5.74, 6) is 0.899. The predicted molar refractivity (Wildman–Crippen MR) is 128 cm³/mol. The minimum Gasteiger partial charge on any atom is -0.485 e. The van der Waals surface area contributed by atoms with Gasteiger partial charge in [0.15, 0.2) is 11.5 Å². The summed E-state index contributed by atoms with van der Waals surface area (Å²) in [5, 5.41) is 4.43. The van der Waals surface area contributed by atoms with E-state index in [1.165, 1.54) is 0 Å². The summed E-state index contributed by atoms with van der Waals surface area (Å²) >= 11 is 12.1. The molecule has 1 heterocycles. The first-order chi connectivity index (χ1) is 15.3. The van der Waals surface area contributed by atoms with E-state index in [0.717, 1.165) is 17.5 Å². The van der Waals surface area contributed by atoms with E-state index in [4.69, 9.17) is 32.7 Å². The van der Waals surface area contributed by atoms with Gasteiger partial charge >= 0.3 is 0 Å². The molecule has 1 aliphatic heterocycles. The van der Waals surface area contributed by atoms with Gasteiger partial charge in [0.25, 0.3) is 5.91 Å². The highest BCUT2D eigenvalue weighted by atomic mass is 35.5. The molecule has 0 bridgehead atoms. The molecule has 4 rings (SSSR count). The fourth-order valence-corrected chi connectivity index (χ4v) is 4.18. The van der Waals surface area contributed by atoms with Crippen LogP contribution >= 0.6 is 23.2 Å². The van der Waals surface area contributed by atoms with Crippen LogP contribution in [0.1, 0.15) is 30.9 Å². The van der Waals surface area contributed by atoms with E-state index >= 15 is 0 Å². The van der Waals surface area contributed by atoms with Crippen molar-refractivity contribution in [2.24, 2.45) is 0 Å². The molecule has 166 valence electrons. The Labute approximate surface area is 198 Å². The van der Waals surface area contributed by atoms with Crippen LogP contribution < -0.4 is 14.8 Å². The van der Waals surface area contributed by atoms with Crippen LogP contribution in [0.3, 0.4) is 0 Å². The summed E-state index contributed by atoms with van der Waals surface area (Å²) in [5.41, 5.74) is 1.16. The summed E-state index contributed by atoms with van der Waals surface area (Å²) in [7, 11) is 0. The second kappa shape index (κ2) is 9.43. The highest BCUT2D eigenvalue weighted by Crippen LogP contribution is 2.37. The van der Waals surface area contributed by atoms with Crippen LogP contribution in [0, 0.1) is 0 Å². The summed E-state index contributed by atoms with van der Waals surface area (Å²) in [6.07, 6.45) is 0.762. The van der Waals surface area contributed by atoms with Gasteiger partial charge in [0.1, 0.15) is 6.61 Å². The third kappa shape index (κ3) is 5.03. The number of hydrogen-bond donors (Lipinski definition) is 1. The molecule has 3 aromatic rings. The van der Waals surface area contributed by atoms with Crippen molar-refractivity contribution in [1.29, 1.82) is 0 Å². The number of hydrogen-bond acceptors (Lipinski definition) is 3. The van der Waals surface area contributed by atoms with E-state index < -0.39 is 5.60 Å². The Morgan fingerprint density at radius 2 is 1.69 bits per heavy atom. The molecule has 0 spiro atoms. The molecule has 4 nitrogen and oxygen atoms in total. The molecule has 1 amide bonds. The lowest BCUT2D eigenvalue weighted by molar-refractivity contribution is -0.140. The predicted octanol–water partition coefficient (Wildman–Crippen LogP) is 6.05. The van der Waals surface area contributed by atoms with Gasteiger partial charge in [-0.05, 0) is 55.7 Å². The van der Waals surface area contributed by atoms with Crippen LogP contribution in [0.4, 0.5) is 0 Å². The van der Waals surface area contributed by atoms with Gasteiger partial charge in [-0.2, -0.15) is 0 Å². The van der Waals surface area contributed by atoms with Crippen molar-refractivity contribution in [2.75, 3.05) is 6.61 Å². The Hall–Kier alpha value is -2.69. The van der Waals surface area contributed by atoms with E-state index in [9.17, 15) is 4.79 Å². The number of benzene rings is 3. The zero-order chi connectivity index (χ0) is 22.7. The van der Waals surface area contributed by atoms with Gasteiger partial charge in [-0.3, -0.25) is 4.79 Å². The quantitative estimate of drug-likeness (QED) is 0.477. The summed E-state index contributed by atoms with van der Waals surface area (Å²) in [6.45, 7) is 3.86. The molecule has 2 unspecified atom stereocenters. The maximum Gasteiger partial charge on any atom is 0.267 e. The van der Waals surface area contributed by atoms with Crippen molar-refractivity contribution in [3.8, 4) is 11.5 Å². The summed E-state index contributed by atoms with van der Waals surface area (Å²) in [4.78, 5) is 13.3. The third-order valence-corrected chi connectivity index (χ3v) is 6.27. The molecule has 0 saturated carbocycles. The number of rotatable bonds is 6. The average Bonchev–Trinajstić information content (AvgIpc) is 2.79. The number of fused-ring (bicyclic) bond motifs is 1. The first-order valence-electron chi connectivity index (χ1n) is 10.6. The number of carbonyl (C=O) groups excluding carboxylic acids is 1. The topological polar surface area (TPSA) is 47.6 Å². The van der Waals surface area contributed by atoms with Gasteiger partial charge in [-0.15, -0.1) is 0 Å². The lowest BCUT2D eigenvalue weighted by Gasteiger charge is -2.36. The van der Waals surface area contributed by atoms with Gasteiger partial charge < -0.3 is 14.8 Å². The van der Waals surface area contributed by atoms with E-state index in [2.05, 4.69) is 17.4 Å². The maximum absolute atomic E-state index is 13.3. The van der Waals surface area contributed by atoms with E-state index in [1.54, 1.807) is 25.1 Å². The van der Waals surface area contributed by atoms with Crippen LogP contribution in [0.15, 0.2) is 72.8 Å². The highest BCUT2D eigenvalue weighted by Gasteiger charge is 2.41. The number of halogens is 2. The van der Waals surface area contributed by atoms with Gasteiger partial charge in [0.2, 0.25) is 5.60 Å². The second-order valence-electron chi connectivity index (χ2n) is 8.32. The summed E-state index contributed by atoms with van der Waals surface area (Å²) in [6, 6.07) is 23.0. The summed E-state index contributed by atoms with van der Waals surface area (Å²) < 4.78 is 11.8. The molecule has 0 saturated heterocycles. The molecule has 3 aromatic carbocycles. The zero-order valence-corrected chi connectivity index (χ0v) is 19.5. The number of carbonyl (C=O) groups is 1. The lowest BCUT2D eigenvalue weighted by atomic mass is 9.86. The number of ether oxygens (including phenoxy) is 2. The van der Waals surface area contributed by atoms with Gasteiger partial charge in [0.05, 0.1) is 0 Å². The first-order valence-corrected chi connectivity index (χ1v) is 11.3. The molecule has 3 atom stereocenters. The monoisotopic (exact) mass is 469 g/mol. The molecule has 1 aliphatic rings. The Morgan fingerprint density at radius 3 is 2.41 bits per heavy atom. The van der Waals surface area contributed by atoms with Crippen molar-refractivity contribution in [2.45, 2.75) is 37.8 Å². The van der Waals surface area contributed by atoms with Crippen molar-refractivity contribution in [3.05, 3.63) is 94.0 Å². The van der Waals surface area contributed by atoms with Gasteiger partial charge in [-0.1, -0.05) is 65.7 Å². The molecule has 0 aliphatic carbocycles. The second-order valence-corrected chi connectivity index (χ2v) is 9.20. The van der Waals surface area contributed by atoms with Crippen molar-refractivity contribution < 1.29 is 14.3 Å². The average molecular weight is 470 g/mol. The van der Waals surface area contributed by atoms with Crippen LogP contribution in [0.25, 0.3) is 0 Å². The largest absolute Gasteiger partial charge is 0.485 e. The van der Waals surface area contributed by atoms with Crippen LogP contribution in [-0.4, -0.2) is 24.2 Å². The Bertz CT molecular complexity index is 1090. The molecular weight excluding hydrogens is 445 g/mol. The zero-order valence-electron chi connectivity index (χ0n) is 18.0. The fourth-order valence-electron chi connectivity index (χ4n) is 3.90. The minimum absolute atomic E-state index is 0.0699. The Balaban J connectivity index is 1.52. The van der Waals surface area contributed by atoms with Gasteiger partial charge in [-0.25, -0.2) is 0 Å². The minimum atomic E-state index is -1.14. The van der Waals surface area contributed by atoms with Crippen LogP contribution in [-0.2, 0) is 11.2 Å². The van der Waals surface area contributed by atoms with E-state index in [-0.39, 0.29) is 24.5 Å². The lowest BCUT2D eigenvalue weighted by Crippen LogP contribution is -2.57. The van der Waals surface area contributed by atoms with Crippen LogP contribution in [0.5, 0.6) is 11.5 Å². The van der Waals surface area contributed by atoms with Crippen LogP contribution in [0.2, 0.25) is 10.0 Å². The number of amides is 1. The SMILES string of the molecule is C[C@H](NC(=O)C1(C)COc2cc(Cl)ccc2O1)C(Cc1ccc(Cl)cc1)c1ccccc1. The smallest absolute Gasteiger partial charge is 0.267 e. The molecule has 0 radical (unpaired) electrons. The molecule has 0 fully saturated rings. The highest BCUT2D eigenvalue weighted by molar-refractivity contribution is 6.31. The molecule has 6 heteroatoms. The first kappa shape index (κ1) is 22.5. The standard InChI is InChI=1S/C26H25Cl2NO3/c1-17(22(19-6-4-3-5-7-19)14-18-8-10-20(27)11-9-18)29-25(30)26(2)16-31-24-15-21(28)12-13-23(24)32-26/h3-13,15,17,22H,14,16H2,1-2H3,(H,29,30)/t17-,22?,26?/m0/s1. The van der Waals surface area contributed by atoms with Crippen molar-refractivity contribution >= 4 is 29.1 Å². The molecule has 32 heavy (non-hydrogen) atoms. The normalized spacial score (nSPS) is 19.1. The maximum atomic E-state index is 13.3. The van der Waals surface area contributed by atoms with Crippen molar-refractivity contribution in [3.63, 3.8) is 0 Å². The van der Waals surface area contributed by atoms with Crippen molar-refractivity contribution in [1.82, 2.24) is 5.32 Å². The van der Waals surface area contributed by atoms with E-state index in [0.29, 0.717) is 21.5 Å². The molecule has 0 aromatic heterocycles. The third-order valence-electron chi connectivity index (χ3n) is 5.78. The Kier molecular flexibility index (Phi) is 6.63. The van der Waals surface area contributed by atoms with Gasteiger partial charge in [0, 0.05) is 28.1 Å².